The number of anilines is 1. The molecule has 0 amide bonds. The highest BCUT2D eigenvalue weighted by Crippen LogP contribution is 2.20. The fourth-order valence-electron chi connectivity index (χ4n) is 1.74. The first-order valence-corrected chi connectivity index (χ1v) is 6.50. The Balaban J connectivity index is 2.21. The predicted molar refractivity (Wildman–Crippen MR) is 74.2 cm³/mol. The van der Waals surface area contributed by atoms with Crippen molar-refractivity contribution in [2.24, 2.45) is 7.05 Å². The van der Waals surface area contributed by atoms with Crippen LogP contribution in [-0.4, -0.2) is 24.7 Å². The van der Waals surface area contributed by atoms with Crippen LogP contribution in [0, 0.1) is 0 Å². The molecule has 0 bridgehead atoms. The maximum atomic E-state index is 6.01. The van der Waals surface area contributed by atoms with Gasteiger partial charge >= 0.3 is 0 Å². The van der Waals surface area contributed by atoms with Gasteiger partial charge in [0.25, 0.3) is 0 Å². The lowest BCUT2D eigenvalue weighted by Gasteiger charge is -2.15. The molecule has 2 aromatic heterocycles. The van der Waals surface area contributed by atoms with E-state index >= 15 is 0 Å². The monoisotopic (exact) mass is 280 g/mol. The normalized spacial score (nSPS) is 12.7. The number of halogens is 1. The molecule has 1 N–H and O–H groups in total. The van der Waals surface area contributed by atoms with Crippen molar-refractivity contribution in [3.8, 4) is 0 Å². The van der Waals surface area contributed by atoms with Gasteiger partial charge in [-0.1, -0.05) is 25.4 Å². The van der Waals surface area contributed by atoms with Gasteiger partial charge < -0.3 is 9.88 Å². The van der Waals surface area contributed by atoms with Crippen molar-refractivity contribution in [1.82, 2.24) is 24.7 Å². The van der Waals surface area contributed by atoms with Gasteiger partial charge in [-0.2, -0.15) is 0 Å². The molecule has 102 valence electrons. The second kappa shape index (κ2) is 5.52. The molecule has 2 rings (SSSR count). The lowest BCUT2D eigenvalue weighted by molar-refractivity contribution is 0.710. The van der Waals surface area contributed by atoms with Gasteiger partial charge in [0.2, 0.25) is 0 Å². The highest BCUT2D eigenvalue weighted by atomic mass is 35.5. The molecule has 1 unspecified atom stereocenters. The van der Waals surface area contributed by atoms with Crippen LogP contribution in [0.5, 0.6) is 0 Å². The van der Waals surface area contributed by atoms with E-state index in [-0.39, 0.29) is 12.0 Å². The Bertz CT molecular complexity index is 565. The van der Waals surface area contributed by atoms with Gasteiger partial charge in [-0.3, -0.25) is 0 Å². The molecule has 0 fully saturated rings. The molecular formula is C12H17ClN6. The average molecular weight is 281 g/mol. The zero-order valence-corrected chi connectivity index (χ0v) is 12.2. The minimum Gasteiger partial charge on any atom is -0.360 e. The van der Waals surface area contributed by atoms with Gasteiger partial charge in [0.15, 0.2) is 5.82 Å². The summed E-state index contributed by atoms with van der Waals surface area (Å²) in [6.07, 6.45) is 1.67. The second-order valence-electron chi connectivity index (χ2n) is 4.75. The fraction of sp³-hybridized carbons (Fsp3) is 0.500. The van der Waals surface area contributed by atoms with Crippen LogP contribution in [0.15, 0.2) is 12.4 Å². The quantitative estimate of drug-likeness (QED) is 0.872. The third-order valence-electron chi connectivity index (χ3n) is 2.73. The number of nitrogens with zero attached hydrogens (tertiary/aromatic N) is 5. The smallest absolute Gasteiger partial charge is 0.154 e. The summed E-state index contributed by atoms with van der Waals surface area (Å²) in [7, 11) is 1.90. The van der Waals surface area contributed by atoms with E-state index in [1.165, 1.54) is 0 Å². The third kappa shape index (κ3) is 3.20. The third-order valence-corrected chi connectivity index (χ3v) is 2.92. The lowest BCUT2D eigenvalue weighted by Crippen LogP contribution is -2.14. The van der Waals surface area contributed by atoms with E-state index in [1.54, 1.807) is 12.4 Å². The minimum atomic E-state index is -0.0153. The molecule has 0 spiro atoms. The summed E-state index contributed by atoms with van der Waals surface area (Å²) < 4.78 is 1.86. The molecule has 0 aliphatic carbocycles. The van der Waals surface area contributed by atoms with Crippen molar-refractivity contribution in [2.45, 2.75) is 32.7 Å². The molecule has 0 aliphatic heterocycles. The molecular weight excluding hydrogens is 264 g/mol. The Labute approximate surface area is 117 Å². The van der Waals surface area contributed by atoms with E-state index < -0.39 is 0 Å². The minimum absolute atomic E-state index is 0.0153. The number of aromatic nitrogens is 5. The number of rotatable bonds is 4. The van der Waals surface area contributed by atoms with Crippen molar-refractivity contribution in [2.75, 3.05) is 5.32 Å². The number of nitrogens with one attached hydrogen (secondary N) is 1. The number of aryl methyl sites for hydroxylation is 1. The maximum absolute atomic E-state index is 6.01. The largest absolute Gasteiger partial charge is 0.360 e. The highest BCUT2D eigenvalue weighted by molar-refractivity contribution is 6.29. The van der Waals surface area contributed by atoms with E-state index in [1.807, 2.05) is 32.4 Å². The number of hydrogen-bond acceptors (Lipinski definition) is 5. The Kier molecular flexibility index (Phi) is 3.99. The summed E-state index contributed by atoms with van der Waals surface area (Å²) in [4.78, 5) is 8.65. The molecule has 2 heterocycles. The van der Waals surface area contributed by atoms with Crippen LogP contribution >= 0.6 is 11.6 Å². The van der Waals surface area contributed by atoms with Crippen LogP contribution in [0.1, 0.15) is 44.4 Å². The number of hydrogen-bond donors (Lipinski definition) is 1. The Morgan fingerprint density at radius 3 is 2.58 bits per heavy atom. The second-order valence-corrected chi connectivity index (χ2v) is 5.14. The summed E-state index contributed by atoms with van der Waals surface area (Å²) in [5.74, 6) is 2.48. The van der Waals surface area contributed by atoms with Gasteiger partial charge in [-0.15, -0.1) is 10.2 Å². The average Bonchev–Trinajstić information content (AvgIpc) is 2.74. The molecule has 0 radical (unpaired) electrons. The summed E-state index contributed by atoms with van der Waals surface area (Å²) in [5, 5.41) is 11.6. The van der Waals surface area contributed by atoms with E-state index in [0.717, 1.165) is 11.6 Å². The molecule has 19 heavy (non-hydrogen) atoms. The molecule has 0 saturated carbocycles. The van der Waals surface area contributed by atoms with Crippen LogP contribution in [-0.2, 0) is 7.05 Å². The van der Waals surface area contributed by atoms with E-state index in [4.69, 9.17) is 11.6 Å². The van der Waals surface area contributed by atoms with Crippen LogP contribution in [0.2, 0.25) is 5.15 Å². The maximum Gasteiger partial charge on any atom is 0.154 e. The SMILES string of the molecule is CC(C)c1nc(Cl)cc(NC(C)c2nncn2C)n1. The van der Waals surface area contributed by atoms with E-state index in [0.29, 0.717) is 11.0 Å². The van der Waals surface area contributed by atoms with Crippen molar-refractivity contribution < 1.29 is 0 Å². The standard InChI is InChI=1S/C12H17ClN6/c1-7(2)11-16-9(13)5-10(17-11)15-8(3)12-18-14-6-19(12)4/h5-8H,1-4H3,(H,15,16,17). The first-order chi connectivity index (χ1) is 8.97. The van der Waals surface area contributed by atoms with Gasteiger partial charge in [0.1, 0.15) is 23.1 Å². The van der Waals surface area contributed by atoms with Gasteiger partial charge in [0, 0.05) is 19.0 Å². The molecule has 1 atom stereocenters. The van der Waals surface area contributed by atoms with Crippen molar-refractivity contribution in [3.63, 3.8) is 0 Å². The van der Waals surface area contributed by atoms with E-state index in [9.17, 15) is 0 Å². The van der Waals surface area contributed by atoms with Crippen molar-refractivity contribution in [1.29, 1.82) is 0 Å². The zero-order chi connectivity index (χ0) is 14.0. The Morgan fingerprint density at radius 2 is 2.00 bits per heavy atom. The van der Waals surface area contributed by atoms with E-state index in [2.05, 4.69) is 25.5 Å². The first kappa shape index (κ1) is 13.7. The molecule has 0 aliphatic rings. The molecule has 2 aromatic rings. The first-order valence-electron chi connectivity index (χ1n) is 6.12. The fourth-order valence-corrected chi connectivity index (χ4v) is 1.93. The van der Waals surface area contributed by atoms with Crippen LogP contribution in [0.3, 0.4) is 0 Å². The van der Waals surface area contributed by atoms with Crippen LogP contribution < -0.4 is 5.32 Å². The topological polar surface area (TPSA) is 68.5 Å². The van der Waals surface area contributed by atoms with Crippen LogP contribution in [0.4, 0.5) is 5.82 Å². The van der Waals surface area contributed by atoms with Gasteiger partial charge in [0.05, 0.1) is 6.04 Å². The van der Waals surface area contributed by atoms with Gasteiger partial charge in [-0.05, 0) is 6.92 Å². The lowest BCUT2D eigenvalue weighted by atomic mass is 10.2. The zero-order valence-electron chi connectivity index (χ0n) is 11.4. The van der Waals surface area contributed by atoms with Crippen molar-refractivity contribution in [3.05, 3.63) is 29.2 Å². The van der Waals surface area contributed by atoms with Crippen LogP contribution in [0.25, 0.3) is 0 Å². The summed E-state index contributed by atoms with van der Waals surface area (Å²) in [6.45, 7) is 6.05. The Hall–Kier alpha value is -1.69. The molecule has 0 saturated heterocycles. The summed E-state index contributed by atoms with van der Waals surface area (Å²) >= 11 is 6.01. The molecule has 7 heteroatoms. The van der Waals surface area contributed by atoms with Gasteiger partial charge in [-0.25, -0.2) is 9.97 Å². The highest BCUT2D eigenvalue weighted by Gasteiger charge is 2.13. The Morgan fingerprint density at radius 1 is 1.26 bits per heavy atom. The molecule has 6 nitrogen and oxygen atoms in total. The summed E-state index contributed by atoms with van der Waals surface area (Å²) in [5.41, 5.74) is 0. The summed E-state index contributed by atoms with van der Waals surface area (Å²) in [6, 6.07) is 1.69. The predicted octanol–water partition coefficient (Wildman–Crippen LogP) is 2.56. The van der Waals surface area contributed by atoms with Crippen molar-refractivity contribution >= 4 is 17.4 Å². The molecule has 0 aromatic carbocycles.